The second-order valence-electron chi connectivity index (χ2n) is 5.65. The Morgan fingerprint density at radius 1 is 1.32 bits per heavy atom. The fourth-order valence-electron chi connectivity index (χ4n) is 2.14. The molecule has 0 N–H and O–H groups in total. The van der Waals surface area contributed by atoms with Gasteiger partial charge in [-0.25, -0.2) is 9.67 Å². The van der Waals surface area contributed by atoms with Gasteiger partial charge in [0, 0.05) is 23.2 Å². The summed E-state index contributed by atoms with van der Waals surface area (Å²) in [6.07, 6.45) is 0. The van der Waals surface area contributed by atoms with Crippen molar-refractivity contribution in [1.82, 2.24) is 30.1 Å². The first-order valence-electron chi connectivity index (χ1n) is 7.78. The van der Waals surface area contributed by atoms with Gasteiger partial charge in [0.2, 0.25) is 5.16 Å². The van der Waals surface area contributed by atoms with E-state index in [4.69, 9.17) is 9.72 Å². The van der Waals surface area contributed by atoms with E-state index in [1.165, 1.54) is 0 Å². The molecular formula is C16H20N6OS2. The van der Waals surface area contributed by atoms with E-state index in [1.807, 2.05) is 43.0 Å². The molecule has 0 saturated carbocycles. The third-order valence-electron chi connectivity index (χ3n) is 3.48. The van der Waals surface area contributed by atoms with Crippen molar-refractivity contribution in [2.24, 2.45) is 0 Å². The first-order chi connectivity index (χ1) is 12.2. The van der Waals surface area contributed by atoms with Crippen LogP contribution >= 0.6 is 23.1 Å². The monoisotopic (exact) mass is 376 g/mol. The topological polar surface area (TPSA) is 69.0 Å². The standard InChI is InChI=1S/C16H20N6OS2/c1-21(2)7-8-22-16(18-19-20-22)25-11-13-10-24-15(17-13)12-5-4-6-14(9-12)23-3/h4-6,9-10H,7-8,11H2,1-3H3. The zero-order chi connectivity index (χ0) is 17.6. The molecule has 0 bridgehead atoms. The summed E-state index contributed by atoms with van der Waals surface area (Å²) in [5, 5.41) is 15.8. The summed E-state index contributed by atoms with van der Waals surface area (Å²) >= 11 is 3.23. The van der Waals surface area contributed by atoms with E-state index in [2.05, 4.69) is 25.8 Å². The maximum atomic E-state index is 5.28. The summed E-state index contributed by atoms with van der Waals surface area (Å²) in [5.41, 5.74) is 2.09. The van der Waals surface area contributed by atoms with Crippen molar-refractivity contribution in [3.8, 4) is 16.3 Å². The van der Waals surface area contributed by atoms with Gasteiger partial charge in [0.15, 0.2) is 0 Å². The molecule has 0 amide bonds. The number of tetrazole rings is 1. The number of thiazole rings is 1. The van der Waals surface area contributed by atoms with Crippen LogP contribution in [0.4, 0.5) is 0 Å². The van der Waals surface area contributed by atoms with E-state index in [-0.39, 0.29) is 0 Å². The lowest BCUT2D eigenvalue weighted by molar-refractivity contribution is 0.361. The molecule has 1 aromatic carbocycles. The summed E-state index contributed by atoms with van der Waals surface area (Å²) in [4.78, 5) is 6.82. The second-order valence-corrected chi connectivity index (χ2v) is 7.45. The molecule has 132 valence electrons. The molecule has 0 fully saturated rings. The minimum absolute atomic E-state index is 0.739. The Morgan fingerprint density at radius 2 is 2.20 bits per heavy atom. The van der Waals surface area contributed by atoms with E-state index in [0.717, 1.165) is 46.0 Å². The Kier molecular flexibility index (Phi) is 6.00. The predicted octanol–water partition coefficient (Wildman–Crippen LogP) is 2.66. The minimum atomic E-state index is 0.739. The maximum absolute atomic E-state index is 5.28. The molecule has 3 rings (SSSR count). The Labute approximate surface area is 155 Å². The van der Waals surface area contributed by atoms with Gasteiger partial charge in [0.1, 0.15) is 10.8 Å². The highest BCUT2D eigenvalue weighted by Gasteiger charge is 2.10. The highest BCUT2D eigenvalue weighted by Crippen LogP contribution is 2.29. The van der Waals surface area contributed by atoms with Crippen molar-refractivity contribution in [3.05, 3.63) is 35.3 Å². The van der Waals surface area contributed by atoms with Crippen LogP contribution in [0.5, 0.6) is 5.75 Å². The highest BCUT2D eigenvalue weighted by atomic mass is 32.2. The van der Waals surface area contributed by atoms with Gasteiger partial charge < -0.3 is 9.64 Å². The van der Waals surface area contributed by atoms with Crippen molar-refractivity contribution in [1.29, 1.82) is 0 Å². The summed E-state index contributed by atoms with van der Waals surface area (Å²) in [5.74, 6) is 1.58. The molecule has 7 nitrogen and oxygen atoms in total. The van der Waals surface area contributed by atoms with Crippen molar-refractivity contribution in [2.45, 2.75) is 17.5 Å². The number of methoxy groups -OCH3 is 1. The number of aromatic nitrogens is 5. The molecule has 0 atom stereocenters. The van der Waals surface area contributed by atoms with Gasteiger partial charge in [-0.05, 0) is 36.7 Å². The zero-order valence-corrected chi connectivity index (χ0v) is 16.0. The Balaban J connectivity index is 1.63. The smallest absolute Gasteiger partial charge is 0.209 e. The number of likely N-dealkylation sites (N-methyl/N-ethyl adjacent to an activating group) is 1. The first-order valence-corrected chi connectivity index (χ1v) is 9.65. The predicted molar refractivity (Wildman–Crippen MR) is 100 cm³/mol. The van der Waals surface area contributed by atoms with Crippen LogP contribution in [-0.2, 0) is 12.3 Å². The molecule has 0 spiro atoms. The lowest BCUT2D eigenvalue weighted by atomic mass is 10.2. The third kappa shape index (κ3) is 4.77. The van der Waals surface area contributed by atoms with Crippen molar-refractivity contribution < 1.29 is 4.74 Å². The van der Waals surface area contributed by atoms with Crippen molar-refractivity contribution >= 4 is 23.1 Å². The summed E-state index contributed by atoms with van der Waals surface area (Å²) in [6.45, 7) is 1.67. The Morgan fingerprint density at radius 3 is 3.00 bits per heavy atom. The number of hydrogen-bond acceptors (Lipinski definition) is 8. The molecule has 2 heterocycles. The lowest BCUT2D eigenvalue weighted by Crippen LogP contribution is -2.19. The fraction of sp³-hybridized carbons (Fsp3) is 0.375. The molecule has 0 radical (unpaired) electrons. The molecule has 3 aromatic rings. The molecule has 25 heavy (non-hydrogen) atoms. The average molecular weight is 377 g/mol. The zero-order valence-electron chi connectivity index (χ0n) is 14.4. The summed E-state index contributed by atoms with van der Waals surface area (Å²) < 4.78 is 7.11. The van der Waals surface area contributed by atoms with E-state index in [9.17, 15) is 0 Å². The van der Waals surface area contributed by atoms with E-state index >= 15 is 0 Å². The largest absolute Gasteiger partial charge is 0.497 e. The SMILES string of the molecule is COc1cccc(-c2nc(CSc3nnnn3CCN(C)C)cs2)c1. The minimum Gasteiger partial charge on any atom is -0.497 e. The Bertz CT molecular complexity index is 816. The van der Waals surface area contributed by atoms with Crippen LogP contribution in [0.1, 0.15) is 5.69 Å². The number of nitrogens with zero attached hydrogens (tertiary/aromatic N) is 6. The molecule has 0 aliphatic heterocycles. The molecule has 0 aliphatic carbocycles. The maximum Gasteiger partial charge on any atom is 0.209 e. The average Bonchev–Trinajstić information content (AvgIpc) is 3.27. The Hall–Kier alpha value is -1.97. The number of hydrogen-bond donors (Lipinski definition) is 0. The number of rotatable bonds is 8. The van der Waals surface area contributed by atoms with Crippen LogP contribution in [0.2, 0.25) is 0 Å². The van der Waals surface area contributed by atoms with Crippen molar-refractivity contribution in [3.63, 3.8) is 0 Å². The number of thioether (sulfide) groups is 1. The number of ether oxygens (including phenoxy) is 1. The normalized spacial score (nSPS) is 11.2. The van der Waals surface area contributed by atoms with Crippen molar-refractivity contribution in [2.75, 3.05) is 27.7 Å². The molecular weight excluding hydrogens is 356 g/mol. The molecule has 0 saturated heterocycles. The lowest BCUT2D eigenvalue weighted by Gasteiger charge is -2.09. The summed E-state index contributed by atoms with van der Waals surface area (Å²) in [6, 6.07) is 7.95. The van der Waals surface area contributed by atoms with Crippen LogP contribution in [0.3, 0.4) is 0 Å². The van der Waals surface area contributed by atoms with E-state index in [1.54, 1.807) is 30.2 Å². The first kappa shape index (κ1) is 17.8. The van der Waals surface area contributed by atoms with Crippen LogP contribution in [-0.4, -0.2) is 57.8 Å². The fourth-order valence-corrected chi connectivity index (χ4v) is 3.85. The quantitative estimate of drug-likeness (QED) is 0.560. The van der Waals surface area contributed by atoms with Gasteiger partial charge in [0.25, 0.3) is 0 Å². The van der Waals surface area contributed by atoms with Gasteiger partial charge in [-0.3, -0.25) is 0 Å². The second kappa shape index (κ2) is 8.41. The molecule has 9 heteroatoms. The number of benzene rings is 1. The van der Waals surface area contributed by atoms with Crippen LogP contribution in [0, 0.1) is 0 Å². The van der Waals surface area contributed by atoms with Crippen LogP contribution < -0.4 is 4.74 Å². The molecule has 2 aromatic heterocycles. The van der Waals surface area contributed by atoms with Gasteiger partial charge in [-0.1, -0.05) is 23.9 Å². The van der Waals surface area contributed by atoms with Gasteiger partial charge in [-0.2, -0.15) is 0 Å². The summed E-state index contributed by atoms with van der Waals surface area (Å²) in [7, 11) is 5.74. The van der Waals surface area contributed by atoms with Gasteiger partial charge in [-0.15, -0.1) is 16.4 Å². The van der Waals surface area contributed by atoms with Gasteiger partial charge >= 0.3 is 0 Å². The van der Waals surface area contributed by atoms with E-state index < -0.39 is 0 Å². The van der Waals surface area contributed by atoms with Crippen LogP contribution in [0.25, 0.3) is 10.6 Å². The molecule has 0 unspecified atom stereocenters. The highest BCUT2D eigenvalue weighted by molar-refractivity contribution is 7.98. The van der Waals surface area contributed by atoms with E-state index in [0.29, 0.717) is 0 Å². The van der Waals surface area contributed by atoms with Gasteiger partial charge in [0.05, 0.1) is 19.3 Å². The van der Waals surface area contributed by atoms with Crippen LogP contribution in [0.15, 0.2) is 34.8 Å². The third-order valence-corrected chi connectivity index (χ3v) is 5.41. The molecule has 0 aliphatic rings.